The van der Waals surface area contributed by atoms with E-state index >= 15 is 0 Å². The molecule has 1 aromatic heterocycles. The van der Waals surface area contributed by atoms with Crippen molar-refractivity contribution in [3.8, 4) is 0 Å². The highest BCUT2D eigenvalue weighted by molar-refractivity contribution is 7.89. The smallest absolute Gasteiger partial charge is 0.260 e. The fourth-order valence-corrected chi connectivity index (χ4v) is 6.40. The number of amides is 1. The molecule has 1 amide bonds. The van der Waals surface area contributed by atoms with Crippen molar-refractivity contribution >= 4 is 66.6 Å². The number of likely N-dealkylation sites (N-methyl/N-ethyl adjacent to an activating group) is 1. The largest absolute Gasteiger partial charge is 0.308 e. The van der Waals surface area contributed by atoms with Crippen molar-refractivity contribution < 1.29 is 13.2 Å². The van der Waals surface area contributed by atoms with Crippen molar-refractivity contribution in [3.05, 3.63) is 53.1 Å². The molecule has 3 rings (SSSR count). The molecule has 1 heterocycles. The van der Waals surface area contributed by atoms with Gasteiger partial charge in [0.2, 0.25) is 10.0 Å². The number of carbonyl (C=O) groups is 1. The number of thiazole rings is 1. The number of hydrogen-bond acceptors (Lipinski definition) is 6. The Labute approximate surface area is 223 Å². The van der Waals surface area contributed by atoms with Crippen LogP contribution in [0.25, 0.3) is 10.2 Å². The maximum Gasteiger partial charge on any atom is 0.260 e. The number of sulfonamides is 1. The molecule has 0 fully saturated rings. The number of rotatable bonds is 11. The summed E-state index contributed by atoms with van der Waals surface area (Å²) in [5.41, 5.74) is 1.19. The minimum atomic E-state index is -3.60. The van der Waals surface area contributed by atoms with Crippen molar-refractivity contribution in [2.24, 2.45) is 0 Å². The number of aromatic nitrogens is 1. The minimum Gasteiger partial charge on any atom is -0.308 e. The Hall–Kier alpha value is -1.75. The average molecular weight is 560 g/mol. The zero-order valence-corrected chi connectivity index (χ0v) is 23.6. The Kier molecular flexibility index (Phi) is 10.9. The summed E-state index contributed by atoms with van der Waals surface area (Å²) in [6.45, 7) is 5.95. The summed E-state index contributed by atoms with van der Waals surface area (Å²) in [6, 6.07) is 11.6. The van der Waals surface area contributed by atoms with Crippen LogP contribution in [0.2, 0.25) is 5.02 Å². The molecule has 0 N–H and O–H groups in total. The highest BCUT2D eigenvalue weighted by Crippen LogP contribution is 2.31. The average Bonchev–Trinajstić information content (AvgIpc) is 3.21. The molecule has 0 aliphatic heterocycles. The topological polar surface area (TPSA) is 73.8 Å². The van der Waals surface area contributed by atoms with Crippen LogP contribution in [0, 0.1) is 0 Å². The lowest BCUT2D eigenvalue weighted by molar-refractivity contribution is 0.0985. The number of fused-ring (bicyclic) bond motifs is 1. The molecule has 35 heavy (non-hydrogen) atoms. The number of carbonyl (C=O) groups excluding carboxylic acids is 1. The molecule has 0 unspecified atom stereocenters. The van der Waals surface area contributed by atoms with Crippen molar-refractivity contribution in [2.45, 2.75) is 31.6 Å². The first-order valence-corrected chi connectivity index (χ1v) is 13.9. The van der Waals surface area contributed by atoms with Gasteiger partial charge in [-0.3, -0.25) is 9.69 Å². The molecule has 0 aliphatic carbocycles. The third-order valence-electron chi connectivity index (χ3n) is 5.27. The molecule has 2 aromatic carbocycles. The van der Waals surface area contributed by atoms with Gasteiger partial charge in [-0.15, -0.1) is 12.4 Å². The fraction of sp³-hybridized carbons (Fsp3) is 0.417. The lowest BCUT2D eigenvalue weighted by Crippen LogP contribution is -2.36. The second kappa shape index (κ2) is 13.0. The Morgan fingerprint density at radius 1 is 0.971 bits per heavy atom. The molecule has 0 aliphatic rings. The minimum absolute atomic E-state index is 0. The summed E-state index contributed by atoms with van der Waals surface area (Å²) in [7, 11) is 0.282. The molecule has 3 aromatic rings. The molecule has 0 bridgehead atoms. The van der Waals surface area contributed by atoms with E-state index in [4.69, 9.17) is 11.6 Å². The summed E-state index contributed by atoms with van der Waals surface area (Å²) in [5, 5.41) is 1.20. The summed E-state index contributed by atoms with van der Waals surface area (Å²) in [5.74, 6) is -0.227. The molecular formula is C24H32Cl2N4O3S2. The third-order valence-corrected chi connectivity index (χ3v) is 8.46. The Balaban J connectivity index is 0.00000432. The van der Waals surface area contributed by atoms with Gasteiger partial charge >= 0.3 is 0 Å². The second-order valence-electron chi connectivity index (χ2n) is 8.30. The molecule has 7 nitrogen and oxygen atoms in total. The van der Waals surface area contributed by atoms with Gasteiger partial charge in [0.15, 0.2) is 5.13 Å². The predicted octanol–water partition coefficient (Wildman–Crippen LogP) is 5.39. The van der Waals surface area contributed by atoms with Gasteiger partial charge in [-0.1, -0.05) is 36.8 Å². The van der Waals surface area contributed by atoms with Crippen LogP contribution in [0.5, 0.6) is 0 Å². The SMILES string of the molecule is CCCN(CCC)S(=O)(=O)c1ccc(C(=O)N(CCN(C)C)c2nc3ccc(Cl)cc3s2)cc1.Cl. The van der Waals surface area contributed by atoms with Crippen molar-refractivity contribution in [1.29, 1.82) is 0 Å². The molecule has 0 saturated heterocycles. The first-order chi connectivity index (χ1) is 16.2. The number of hydrogen-bond donors (Lipinski definition) is 0. The van der Waals surface area contributed by atoms with Crippen molar-refractivity contribution in [2.75, 3.05) is 45.2 Å². The summed E-state index contributed by atoms with van der Waals surface area (Å²) < 4.78 is 28.5. The zero-order chi connectivity index (χ0) is 24.9. The summed E-state index contributed by atoms with van der Waals surface area (Å²) in [4.78, 5) is 22.0. The van der Waals surface area contributed by atoms with Crippen molar-refractivity contribution in [1.82, 2.24) is 14.2 Å². The van der Waals surface area contributed by atoms with E-state index in [1.165, 1.54) is 27.8 Å². The quantitative estimate of drug-likeness (QED) is 0.315. The Morgan fingerprint density at radius 2 is 1.60 bits per heavy atom. The molecule has 0 saturated carbocycles. The van der Waals surface area contributed by atoms with Gasteiger partial charge < -0.3 is 4.90 Å². The monoisotopic (exact) mass is 558 g/mol. The number of nitrogens with zero attached hydrogens (tertiary/aromatic N) is 4. The van der Waals surface area contributed by atoms with E-state index in [0.29, 0.717) is 41.9 Å². The van der Waals surface area contributed by atoms with Crippen LogP contribution in [0.15, 0.2) is 47.4 Å². The molecular weight excluding hydrogens is 527 g/mol. The molecule has 0 atom stereocenters. The van der Waals surface area contributed by atoms with E-state index in [0.717, 1.165) is 23.1 Å². The van der Waals surface area contributed by atoms with Crippen LogP contribution < -0.4 is 4.90 Å². The van der Waals surface area contributed by atoms with Gasteiger partial charge in [-0.2, -0.15) is 4.31 Å². The van der Waals surface area contributed by atoms with Gasteiger partial charge in [0, 0.05) is 36.8 Å². The number of halogens is 2. The highest BCUT2D eigenvalue weighted by atomic mass is 35.5. The van der Waals surface area contributed by atoms with E-state index in [2.05, 4.69) is 4.98 Å². The first kappa shape index (κ1) is 29.5. The lowest BCUT2D eigenvalue weighted by atomic mass is 10.2. The normalized spacial score (nSPS) is 11.7. The summed E-state index contributed by atoms with van der Waals surface area (Å²) >= 11 is 7.53. The lowest BCUT2D eigenvalue weighted by Gasteiger charge is -2.23. The van der Waals surface area contributed by atoms with Crippen LogP contribution in [0.3, 0.4) is 0 Å². The van der Waals surface area contributed by atoms with Crippen LogP contribution in [-0.4, -0.2) is 68.8 Å². The van der Waals surface area contributed by atoms with Crippen LogP contribution in [-0.2, 0) is 10.0 Å². The molecule has 0 spiro atoms. The van der Waals surface area contributed by atoms with Crippen LogP contribution >= 0.6 is 35.3 Å². The standard InChI is InChI=1S/C24H31ClN4O3S2.ClH/c1-5-13-28(14-6-2)34(31,32)20-10-7-18(8-11-20)23(30)29(16-15-27(3)4)24-26-21-12-9-19(25)17-22(21)33-24;/h7-12,17H,5-6,13-16H2,1-4H3;1H. The maximum absolute atomic E-state index is 13.5. The van der Waals surface area contributed by atoms with Gasteiger partial charge in [-0.25, -0.2) is 13.4 Å². The molecule has 0 radical (unpaired) electrons. The van der Waals surface area contributed by atoms with Gasteiger partial charge in [-0.05, 0) is 69.4 Å². The van der Waals surface area contributed by atoms with E-state index in [-0.39, 0.29) is 23.2 Å². The number of anilines is 1. The Bertz CT molecular complexity index is 1230. The van der Waals surface area contributed by atoms with Crippen molar-refractivity contribution in [3.63, 3.8) is 0 Å². The fourth-order valence-electron chi connectivity index (χ4n) is 3.51. The predicted molar refractivity (Wildman–Crippen MR) is 148 cm³/mol. The number of benzene rings is 2. The van der Waals surface area contributed by atoms with Crippen LogP contribution in [0.4, 0.5) is 5.13 Å². The van der Waals surface area contributed by atoms with Crippen LogP contribution in [0.1, 0.15) is 37.0 Å². The molecule has 192 valence electrons. The third kappa shape index (κ3) is 7.15. The Morgan fingerprint density at radius 3 is 2.17 bits per heavy atom. The van der Waals surface area contributed by atoms with E-state index < -0.39 is 10.0 Å². The second-order valence-corrected chi connectivity index (χ2v) is 11.7. The zero-order valence-electron chi connectivity index (χ0n) is 20.4. The van der Waals surface area contributed by atoms with E-state index in [1.807, 2.05) is 45.0 Å². The van der Waals surface area contributed by atoms with Gasteiger partial charge in [0.05, 0.1) is 15.1 Å². The maximum atomic E-state index is 13.5. The summed E-state index contributed by atoms with van der Waals surface area (Å²) in [6.07, 6.45) is 1.48. The molecule has 11 heteroatoms. The first-order valence-electron chi connectivity index (χ1n) is 11.3. The van der Waals surface area contributed by atoms with E-state index in [9.17, 15) is 13.2 Å². The van der Waals surface area contributed by atoms with E-state index in [1.54, 1.807) is 23.1 Å². The highest BCUT2D eigenvalue weighted by Gasteiger charge is 2.25. The van der Waals surface area contributed by atoms with Gasteiger partial charge in [0.25, 0.3) is 5.91 Å². The van der Waals surface area contributed by atoms with Gasteiger partial charge in [0.1, 0.15) is 0 Å².